The summed E-state index contributed by atoms with van der Waals surface area (Å²) in [6.45, 7) is 1.94. The van der Waals surface area contributed by atoms with Gasteiger partial charge in [0.2, 0.25) is 11.7 Å². The minimum absolute atomic E-state index is 0.210. The lowest BCUT2D eigenvalue weighted by atomic mass is 10.1. The molecule has 30 heavy (non-hydrogen) atoms. The number of anilines is 1. The second-order valence-corrected chi connectivity index (χ2v) is 6.56. The molecule has 150 valence electrons. The van der Waals surface area contributed by atoms with Crippen LogP contribution >= 0.6 is 0 Å². The molecule has 0 atom stereocenters. The molecular weight excluding hydrogens is 386 g/mol. The van der Waals surface area contributed by atoms with Gasteiger partial charge in [0.05, 0.1) is 12.2 Å². The molecule has 0 aliphatic carbocycles. The van der Waals surface area contributed by atoms with Crippen molar-refractivity contribution in [3.63, 3.8) is 0 Å². The van der Waals surface area contributed by atoms with Crippen molar-refractivity contribution >= 4 is 11.8 Å². The molecule has 0 fully saturated rings. The summed E-state index contributed by atoms with van der Waals surface area (Å²) in [6.07, 6.45) is -1.15. The highest BCUT2D eigenvalue weighted by Gasteiger charge is 2.09. The Kier molecular flexibility index (Phi) is 5.08. The van der Waals surface area contributed by atoms with Crippen molar-refractivity contribution in [3.05, 3.63) is 82.5 Å². The van der Waals surface area contributed by atoms with E-state index in [1.54, 1.807) is 37.3 Å². The number of nitrogens with one attached hydrogen (secondary N) is 1. The van der Waals surface area contributed by atoms with Crippen molar-refractivity contribution in [2.24, 2.45) is 0 Å². The van der Waals surface area contributed by atoms with Gasteiger partial charge in [0.25, 0.3) is 5.56 Å². The van der Waals surface area contributed by atoms with Crippen LogP contribution in [0.3, 0.4) is 0 Å². The fourth-order valence-electron chi connectivity index (χ4n) is 2.97. The topological polar surface area (TPSA) is 123 Å². The predicted molar refractivity (Wildman–Crippen MR) is 109 cm³/mol. The molecule has 1 amide bonds. The minimum atomic E-state index is -1.15. The molecular formula is C21H17N5O4. The Morgan fingerprint density at radius 1 is 1.10 bits per heavy atom. The van der Waals surface area contributed by atoms with Gasteiger partial charge in [-0.25, -0.2) is 9.48 Å². The zero-order valence-corrected chi connectivity index (χ0v) is 15.9. The van der Waals surface area contributed by atoms with E-state index in [9.17, 15) is 9.59 Å². The second kappa shape index (κ2) is 8.00. The summed E-state index contributed by atoms with van der Waals surface area (Å²) >= 11 is 0. The van der Waals surface area contributed by atoms with Gasteiger partial charge in [-0.05, 0) is 23.8 Å². The fourth-order valence-corrected chi connectivity index (χ4v) is 2.97. The Hall–Kier alpha value is -4.27. The van der Waals surface area contributed by atoms with E-state index in [4.69, 9.17) is 9.63 Å². The van der Waals surface area contributed by atoms with Gasteiger partial charge in [0.1, 0.15) is 0 Å². The molecule has 0 aliphatic rings. The number of nitrogens with zero attached hydrogens (tertiary/aromatic N) is 4. The van der Waals surface area contributed by atoms with Gasteiger partial charge in [0, 0.05) is 29.8 Å². The van der Waals surface area contributed by atoms with Crippen molar-refractivity contribution in [3.8, 4) is 22.6 Å². The third-order valence-corrected chi connectivity index (χ3v) is 4.34. The van der Waals surface area contributed by atoms with Gasteiger partial charge in [0.15, 0.2) is 0 Å². The molecule has 0 unspecified atom stereocenters. The van der Waals surface area contributed by atoms with Crippen LogP contribution in [-0.2, 0) is 6.54 Å². The Labute approximate surface area is 170 Å². The van der Waals surface area contributed by atoms with Crippen LogP contribution in [0.1, 0.15) is 11.5 Å². The van der Waals surface area contributed by atoms with Crippen molar-refractivity contribution in [2.75, 3.05) is 5.32 Å². The number of hydrogen-bond acceptors (Lipinski definition) is 6. The maximum Gasteiger partial charge on any atom is 0.409 e. The summed E-state index contributed by atoms with van der Waals surface area (Å²) in [6, 6.07) is 17.4. The Morgan fingerprint density at radius 3 is 2.57 bits per heavy atom. The number of carboxylic acid groups (broad SMARTS) is 1. The normalized spacial score (nSPS) is 10.7. The lowest BCUT2D eigenvalue weighted by molar-refractivity contribution is 0.209. The smallest absolute Gasteiger partial charge is 0.409 e. The van der Waals surface area contributed by atoms with E-state index < -0.39 is 6.09 Å². The zero-order chi connectivity index (χ0) is 21.1. The van der Waals surface area contributed by atoms with Crippen molar-refractivity contribution in [2.45, 2.75) is 13.5 Å². The minimum Gasteiger partial charge on any atom is -0.465 e. The van der Waals surface area contributed by atoms with Crippen LogP contribution in [0.5, 0.6) is 0 Å². The van der Waals surface area contributed by atoms with E-state index in [2.05, 4.69) is 20.6 Å². The number of benzene rings is 2. The molecule has 0 radical (unpaired) electrons. The van der Waals surface area contributed by atoms with Crippen LogP contribution < -0.4 is 10.9 Å². The zero-order valence-electron chi connectivity index (χ0n) is 15.9. The number of hydrogen-bond donors (Lipinski definition) is 2. The van der Waals surface area contributed by atoms with E-state index in [1.165, 1.54) is 10.7 Å². The maximum atomic E-state index is 12.3. The van der Waals surface area contributed by atoms with Gasteiger partial charge < -0.3 is 9.63 Å². The maximum absolute atomic E-state index is 12.3. The molecule has 2 N–H and O–H groups in total. The van der Waals surface area contributed by atoms with Gasteiger partial charge in [-0.3, -0.25) is 10.1 Å². The third kappa shape index (κ3) is 4.25. The Morgan fingerprint density at radius 2 is 1.87 bits per heavy atom. The van der Waals surface area contributed by atoms with Gasteiger partial charge >= 0.3 is 6.09 Å². The number of carbonyl (C=O) groups is 1. The summed E-state index contributed by atoms with van der Waals surface area (Å²) in [5.74, 6) is 0.997. The summed E-state index contributed by atoms with van der Waals surface area (Å²) in [7, 11) is 0. The van der Waals surface area contributed by atoms with E-state index in [0.717, 1.165) is 16.7 Å². The van der Waals surface area contributed by atoms with Crippen molar-refractivity contribution in [1.82, 2.24) is 19.9 Å². The van der Waals surface area contributed by atoms with Crippen LogP contribution in [0, 0.1) is 6.92 Å². The summed E-state index contributed by atoms with van der Waals surface area (Å²) < 4.78 is 6.34. The second-order valence-electron chi connectivity index (χ2n) is 6.56. The Bertz CT molecular complexity index is 1260. The van der Waals surface area contributed by atoms with Crippen molar-refractivity contribution < 1.29 is 14.4 Å². The first-order valence-electron chi connectivity index (χ1n) is 9.06. The van der Waals surface area contributed by atoms with E-state index in [0.29, 0.717) is 23.1 Å². The van der Waals surface area contributed by atoms with Crippen LogP contribution in [0.4, 0.5) is 10.5 Å². The molecule has 2 heterocycles. The van der Waals surface area contributed by atoms with Crippen LogP contribution in [0.25, 0.3) is 22.6 Å². The first-order valence-corrected chi connectivity index (χ1v) is 9.06. The Balaban J connectivity index is 1.59. The lowest BCUT2D eigenvalue weighted by Gasteiger charge is -2.09. The van der Waals surface area contributed by atoms with E-state index >= 15 is 0 Å². The average Bonchev–Trinajstić information content (AvgIpc) is 3.16. The quantitative estimate of drug-likeness (QED) is 0.523. The first kappa shape index (κ1) is 19.1. The molecule has 0 saturated carbocycles. The lowest BCUT2D eigenvalue weighted by Crippen LogP contribution is -2.22. The van der Waals surface area contributed by atoms with Gasteiger partial charge in [-0.2, -0.15) is 10.1 Å². The highest BCUT2D eigenvalue weighted by Crippen LogP contribution is 2.21. The molecule has 2 aromatic heterocycles. The number of aryl methyl sites for hydroxylation is 1. The number of aromatic nitrogens is 4. The summed E-state index contributed by atoms with van der Waals surface area (Å²) in [5, 5.41) is 19.5. The van der Waals surface area contributed by atoms with Gasteiger partial charge in [-0.15, -0.1) is 0 Å². The molecule has 9 nitrogen and oxygen atoms in total. The van der Waals surface area contributed by atoms with Gasteiger partial charge in [-0.1, -0.05) is 41.6 Å². The van der Waals surface area contributed by atoms with Crippen LogP contribution in [0.15, 0.2) is 70.0 Å². The molecule has 2 aromatic carbocycles. The van der Waals surface area contributed by atoms with E-state index in [1.807, 2.05) is 24.3 Å². The monoisotopic (exact) mass is 403 g/mol. The predicted octanol–water partition coefficient (Wildman–Crippen LogP) is 3.41. The fraction of sp³-hybridized carbons (Fsp3) is 0.0952. The molecule has 4 aromatic rings. The largest absolute Gasteiger partial charge is 0.465 e. The number of rotatable bonds is 5. The SMILES string of the molecule is Cc1nc(-c2ccc(-c3ccc(=O)n(Cc4cccc(NC(=O)O)c4)n3)cc2)no1. The average molecular weight is 403 g/mol. The van der Waals surface area contributed by atoms with Crippen LogP contribution in [-0.4, -0.2) is 31.1 Å². The molecule has 0 saturated heterocycles. The molecule has 0 bridgehead atoms. The summed E-state index contributed by atoms with van der Waals surface area (Å²) in [4.78, 5) is 27.3. The van der Waals surface area contributed by atoms with Crippen LogP contribution in [0.2, 0.25) is 0 Å². The molecule has 0 spiro atoms. The molecule has 0 aliphatic heterocycles. The third-order valence-electron chi connectivity index (χ3n) is 4.34. The van der Waals surface area contributed by atoms with Crippen molar-refractivity contribution in [1.29, 1.82) is 0 Å². The molecule has 4 rings (SSSR count). The number of amides is 1. The van der Waals surface area contributed by atoms with E-state index in [-0.39, 0.29) is 12.1 Å². The first-order chi connectivity index (χ1) is 14.5. The highest BCUT2D eigenvalue weighted by atomic mass is 16.5. The molecule has 9 heteroatoms. The highest BCUT2D eigenvalue weighted by molar-refractivity contribution is 5.82. The summed E-state index contributed by atoms with van der Waals surface area (Å²) in [5.41, 5.74) is 3.19. The standard InChI is InChI=1S/C21H17N5O4/c1-13-22-20(25-30-13)16-7-5-15(6-8-16)18-9-10-19(27)26(24-18)12-14-3-2-4-17(11-14)23-21(28)29/h2-11,23H,12H2,1H3,(H,28,29).